The number of allylic oxidation sites excluding steroid dienone is 2. The molecule has 0 fully saturated rings. The Morgan fingerprint density at radius 2 is 1.85 bits per heavy atom. The number of hydrogen-bond acceptors (Lipinski definition) is 4. The van der Waals surface area contributed by atoms with Gasteiger partial charge >= 0.3 is 0 Å². The van der Waals surface area contributed by atoms with Gasteiger partial charge in [-0.3, -0.25) is 4.98 Å². The molecule has 178 valence electrons. The maximum absolute atomic E-state index is 6.07. The second-order valence-corrected chi connectivity index (χ2v) is 9.93. The van der Waals surface area contributed by atoms with Crippen molar-refractivity contribution in [1.82, 2.24) is 9.97 Å². The first-order valence-electron chi connectivity index (χ1n) is 11.9. The van der Waals surface area contributed by atoms with Crippen molar-refractivity contribution in [3.8, 4) is 0 Å². The predicted octanol–water partition coefficient (Wildman–Crippen LogP) is 6.15. The van der Waals surface area contributed by atoms with E-state index in [1.54, 1.807) is 0 Å². The molecule has 0 saturated heterocycles. The maximum Gasteiger partial charge on any atom is 0.123 e. The number of pyridine rings is 2. The molecule has 1 unspecified atom stereocenters. The zero-order chi connectivity index (χ0) is 24.5. The van der Waals surface area contributed by atoms with Crippen LogP contribution in [0.2, 0.25) is 0 Å². The van der Waals surface area contributed by atoms with Gasteiger partial charge in [0.2, 0.25) is 0 Å². The van der Waals surface area contributed by atoms with E-state index >= 15 is 0 Å². The molecule has 0 aromatic carbocycles. The van der Waals surface area contributed by atoms with Gasteiger partial charge < -0.3 is 11.5 Å². The van der Waals surface area contributed by atoms with Crippen LogP contribution in [0.3, 0.4) is 0 Å². The first-order valence-corrected chi connectivity index (χ1v) is 11.9. The molecule has 33 heavy (non-hydrogen) atoms. The molecular weight excluding hydrogens is 406 g/mol. The fourth-order valence-electron chi connectivity index (χ4n) is 4.38. The van der Waals surface area contributed by atoms with Crippen LogP contribution in [-0.2, 0) is 12.8 Å². The molecule has 5 nitrogen and oxygen atoms in total. The van der Waals surface area contributed by atoms with Crippen LogP contribution in [0.15, 0.2) is 59.5 Å². The van der Waals surface area contributed by atoms with Crippen molar-refractivity contribution < 1.29 is 0 Å². The van der Waals surface area contributed by atoms with Gasteiger partial charge in [-0.15, -0.1) is 0 Å². The molecule has 0 spiro atoms. The highest BCUT2D eigenvalue weighted by atomic mass is 14.9. The van der Waals surface area contributed by atoms with Gasteiger partial charge in [0.25, 0.3) is 0 Å². The van der Waals surface area contributed by atoms with Gasteiger partial charge in [0.1, 0.15) is 11.7 Å². The highest BCUT2D eigenvalue weighted by molar-refractivity contribution is 5.92. The molecular formula is C28H41N5. The summed E-state index contributed by atoms with van der Waals surface area (Å²) in [6, 6.07) is 6.27. The minimum Gasteiger partial charge on any atom is -0.384 e. The van der Waals surface area contributed by atoms with Crippen LogP contribution in [0.25, 0.3) is 0 Å². The van der Waals surface area contributed by atoms with Gasteiger partial charge in [-0.25, -0.2) is 9.98 Å². The lowest BCUT2D eigenvalue weighted by molar-refractivity contribution is 0.369. The fourth-order valence-corrected chi connectivity index (χ4v) is 4.38. The molecule has 2 rings (SSSR count). The molecule has 0 bridgehead atoms. The summed E-state index contributed by atoms with van der Waals surface area (Å²) < 4.78 is 0. The van der Waals surface area contributed by atoms with E-state index in [9.17, 15) is 0 Å². The lowest BCUT2D eigenvalue weighted by Gasteiger charge is -2.26. The summed E-state index contributed by atoms with van der Waals surface area (Å²) in [4.78, 5) is 13.6. The Morgan fingerprint density at radius 3 is 2.48 bits per heavy atom. The molecule has 2 aromatic rings. The number of aromatic nitrogens is 2. The number of aryl methyl sites for hydroxylation is 3. The number of aliphatic imine (C=N–C) groups is 1. The van der Waals surface area contributed by atoms with Gasteiger partial charge in [0, 0.05) is 23.8 Å². The summed E-state index contributed by atoms with van der Waals surface area (Å²) in [6.45, 7) is 17.1. The van der Waals surface area contributed by atoms with Gasteiger partial charge in [0.15, 0.2) is 0 Å². The van der Waals surface area contributed by atoms with Crippen molar-refractivity contribution in [3.05, 3.63) is 76.9 Å². The molecule has 4 N–H and O–H groups in total. The molecule has 0 aliphatic heterocycles. The largest absolute Gasteiger partial charge is 0.384 e. The third kappa shape index (κ3) is 9.21. The van der Waals surface area contributed by atoms with Crippen molar-refractivity contribution in [1.29, 1.82) is 0 Å². The predicted molar refractivity (Wildman–Crippen MR) is 141 cm³/mol. The number of nitrogen functional groups attached to an aromatic ring is 1. The Labute approximate surface area is 200 Å². The summed E-state index contributed by atoms with van der Waals surface area (Å²) in [5.41, 5.74) is 18.5. The zero-order valence-corrected chi connectivity index (χ0v) is 21.2. The van der Waals surface area contributed by atoms with Crippen molar-refractivity contribution in [3.63, 3.8) is 0 Å². The van der Waals surface area contributed by atoms with Gasteiger partial charge in [0.05, 0.1) is 0 Å². The second-order valence-electron chi connectivity index (χ2n) is 9.93. The first kappa shape index (κ1) is 26.3. The zero-order valence-electron chi connectivity index (χ0n) is 21.2. The van der Waals surface area contributed by atoms with Crippen LogP contribution in [0.4, 0.5) is 5.82 Å². The number of amidine groups is 1. The molecule has 0 aliphatic carbocycles. The Kier molecular flexibility index (Phi) is 9.83. The minimum atomic E-state index is 0.281. The average Bonchev–Trinajstić information content (AvgIpc) is 2.68. The first-order chi connectivity index (χ1) is 15.5. The summed E-state index contributed by atoms with van der Waals surface area (Å²) in [5.74, 6) is 2.45. The number of anilines is 1. The molecule has 2 atom stereocenters. The normalized spacial score (nSPS) is 13.6. The third-order valence-electron chi connectivity index (χ3n) is 5.67. The van der Waals surface area contributed by atoms with Crippen molar-refractivity contribution in [2.45, 2.75) is 73.1 Å². The fraction of sp³-hybridized carbons (Fsp3) is 0.464. The van der Waals surface area contributed by atoms with E-state index in [1.165, 1.54) is 11.1 Å². The topological polar surface area (TPSA) is 90.2 Å². The third-order valence-corrected chi connectivity index (χ3v) is 5.67. The number of nitrogens with two attached hydrogens (primary N) is 2. The van der Waals surface area contributed by atoms with Crippen LogP contribution < -0.4 is 11.5 Å². The molecule has 0 saturated carbocycles. The maximum atomic E-state index is 6.07. The number of hydrogen-bond donors (Lipinski definition) is 2. The molecule has 0 radical (unpaired) electrons. The average molecular weight is 448 g/mol. The summed E-state index contributed by atoms with van der Waals surface area (Å²) in [5, 5.41) is 0. The Balaban J connectivity index is 2.23. The highest BCUT2D eigenvalue weighted by Gasteiger charge is 2.22. The molecule has 0 amide bonds. The minimum absolute atomic E-state index is 0.281. The lowest BCUT2D eigenvalue weighted by Crippen LogP contribution is -2.15. The summed E-state index contributed by atoms with van der Waals surface area (Å²) in [6.07, 6.45) is 9.41. The molecule has 2 heterocycles. The standard InChI is InChI=1S/C28H41N5/c1-18(2)10-21(6)26(14-22(7)32-27(29)11-19(3)4)24-15-23(16-31-17-24)8-9-25-12-20(5)13-28(30)33-25/h11-13,15-18,21,26H,7-10,14H2,1-6H3,(H2,29,32)(H2,30,33)/t21-,26?/m1/s1. The monoisotopic (exact) mass is 447 g/mol. The quantitative estimate of drug-likeness (QED) is 0.319. The number of rotatable bonds is 11. The molecule has 0 aliphatic rings. The van der Waals surface area contributed by atoms with E-state index in [0.717, 1.165) is 48.2 Å². The van der Waals surface area contributed by atoms with Crippen LogP contribution in [0.1, 0.15) is 75.8 Å². The van der Waals surface area contributed by atoms with Crippen LogP contribution in [0, 0.1) is 18.8 Å². The van der Waals surface area contributed by atoms with Crippen molar-refractivity contribution in [2.75, 3.05) is 5.73 Å². The van der Waals surface area contributed by atoms with Crippen molar-refractivity contribution >= 4 is 11.7 Å². The smallest absolute Gasteiger partial charge is 0.123 e. The number of nitrogens with zero attached hydrogens (tertiary/aromatic N) is 3. The molecule has 5 heteroatoms. The van der Waals surface area contributed by atoms with Crippen LogP contribution in [0.5, 0.6) is 0 Å². The van der Waals surface area contributed by atoms with E-state index in [4.69, 9.17) is 11.5 Å². The lowest BCUT2D eigenvalue weighted by atomic mass is 9.80. The van der Waals surface area contributed by atoms with E-state index in [0.29, 0.717) is 23.5 Å². The van der Waals surface area contributed by atoms with E-state index in [1.807, 2.05) is 45.3 Å². The second kappa shape index (κ2) is 12.3. The van der Waals surface area contributed by atoms with E-state index < -0.39 is 0 Å². The van der Waals surface area contributed by atoms with Crippen LogP contribution in [-0.4, -0.2) is 15.8 Å². The highest BCUT2D eigenvalue weighted by Crippen LogP contribution is 2.35. The van der Waals surface area contributed by atoms with Crippen molar-refractivity contribution in [2.24, 2.45) is 22.6 Å². The Morgan fingerprint density at radius 1 is 1.12 bits per heavy atom. The SMILES string of the molecule is C=C(CC(c1cncc(CCc2cc(C)cc(N)n2)c1)[C@H](C)CC(C)C)N=C(N)C=C(C)C. The Hall–Kier alpha value is -2.95. The van der Waals surface area contributed by atoms with Crippen LogP contribution >= 0.6 is 0 Å². The summed E-state index contributed by atoms with van der Waals surface area (Å²) >= 11 is 0. The Bertz CT molecular complexity index is 979. The van der Waals surface area contributed by atoms with Gasteiger partial charge in [-0.1, -0.05) is 39.0 Å². The van der Waals surface area contributed by atoms with Gasteiger partial charge in [-0.2, -0.15) is 0 Å². The summed E-state index contributed by atoms with van der Waals surface area (Å²) in [7, 11) is 0. The van der Waals surface area contributed by atoms with E-state index in [-0.39, 0.29) is 5.92 Å². The molecule has 2 aromatic heterocycles. The van der Waals surface area contributed by atoms with E-state index in [2.05, 4.69) is 54.4 Å². The van der Waals surface area contributed by atoms with Gasteiger partial charge in [-0.05, 0) is 99.1 Å².